The Balaban J connectivity index is 1.36. The first-order chi connectivity index (χ1) is 15.2. The molecule has 4 aromatic rings. The van der Waals surface area contributed by atoms with Gasteiger partial charge < -0.3 is 18.8 Å². The van der Waals surface area contributed by atoms with Gasteiger partial charge in [0.25, 0.3) is 5.91 Å². The molecule has 0 radical (unpaired) electrons. The van der Waals surface area contributed by atoms with E-state index in [0.29, 0.717) is 49.9 Å². The van der Waals surface area contributed by atoms with Crippen LogP contribution < -0.4 is 0 Å². The first-order valence-corrected chi connectivity index (χ1v) is 10.5. The van der Waals surface area contributed by atoms with E-state index in [1.54, 1.807) is 18.5 Å². The topological polar surface area (TPSA) is 77.7 Å². The molecule has 156 valence electrons. The van der Waals surface area contributed by atoms with Crippen molar-refractivity contribution in [2.45, 2.75) is 12.0 Å². The average molecular weight is 415 g/mol. The number of para-hydroxylation sites is 1. The molecule has 3 aromatic heterocycles. The Hall–Kier alpha value is -3.29. The first kappa shape index (κ1) is 18.5. The fraction of sp³-hybridized carbons (Fsp3) is 0.292. The number of hydrogen-bond donors (Lipinski definition) is 0. The van der Waals surface area contributed by atoms with Crippen molar-refractivity contribution >= 4 is 27.8 Å². The van der Waals surface area contributed by atoms with E-state index < -0.39 is 0 Å². The van der Waals surface area contributed by atoms with E-state index in [9.17, 15) is 4.79 Å². The molecular formula is C24H21N3O4. The van der Waals surface area contributed by atoms with Gasteiger partial charge in [0.2, 0.25) is 0 Å². The van der Waals surface area contributed by atoms with Gasteiger partial charge in [-0.15, -0.1) is 0 Å². The van der Waals surface area contributed by atoms with Crippen molar-refractivity contribution in [3.05, 3.63) is 60.6 Å². The number of pyridine rings is 2. The lowest BCUT2D eigenvalue weighted by Gasteiger charge is -2.33. The van der Waals surface area contributed by atoms with Gasteiger partial charge in [-0.3, -0.25) is 9.78 Å². The van der Waals surface area contributed by atoms with Crippen LogP contribution in [-0.4, -0.2) is 59.3 Å². The summed E-state index contributed by atoms with van der Waals surface area (Å²) < 4.78 is 17.6. The van der Waals surface area contributed by atoms with Gasteiger partial charge in [0.1, 0.15) is 22.6 Å². The molecular weight excluding hydrogens is 394 g/mol. The minimum Gasteiger partial charge on any atom is -0.456 e. The highest BCUT2D eigenvalue weighted by Crippen LogP contribution is 2.32. The minimum absolute atomic E-state index is 0.0969. The Bertz CT molecular complexity index is 1260. The van der Waals surface area contributed by atoms with Crippen molar-refractivity contribution in [2.24, 2.45) is 0 Å². The third-order valence-electron chi connectivity index (χ3n) is 6.11. The largest absolute Gasteiger partial charge is 0.456 e. The lowest BCUT2D eigenvalue weighted by Crippen LogP contribution is -2.46. The number of aromatic nitrogens is 2. The Morgan fingerprint density at radius 1 is 1.06 bits per heavy atom. The van der Waals surface area contributed by atoms with Crippen LogP contribution in [0.4, 0.5) is 0 Å². The van der Waals surface area contributed by atoms with Crippen molar-refractivity contribution in [3.8, 4) is 11.3 Å². The normalized spacial score (nSPS) is 21.4. The van der Waals surface area contributed by atoms with E-state index in [1.807, 2.05) is 41.3 Å². The van der Waals surface area contributed by atoms with Gasteiger partial charge in [-0.2, -0.15) is 0 Å². The van der Waals surface area contributed by atoms with Gasteiger partial charge in [-0.1, -0.05) is 18.2 Å². The zero-order valence-corrected chi connectivity index (χ0v) is 16.9. The first-order valence-electron chi connectivity index (χ1n) is 10.5. The molecule has 1 spiro atoms. The molecule has 0 saturated carbocycles. The number of nitrogens with zero attached hydrogens (tertiary/aromatic N) is 3. The second kappa shape index (κ2) is 7.14. The van der Waals surface area contributed by atoms with Crippen LogP contribution in [0.25, 0.3) is 33.2 Å². The molecule has 2 aliphatic rings. The number of benzene rings is 1. The van der Waals surface area contributed by atoms with Gasteiger partial charge in [0.05, 0.1) is 37.4 Å². The summed E-state index contributed by atoms with van der Waals surface area (Å²) in [6.07, 6.45) is 4.26. The van der Waals surface area contributed by atoms with Crippen molar-refractivity contribution in [1.82, 2.24) is 14.9 Å². The average Bonchev–Trinajstić information content (AvgIpc) is 3.43. The van der Waals surface area contributed by atoms with E-state index in [1.165, 1.54) is 0 Å². The van der Waals surface area contributed by atoms with Gasteiger partial charge in [-0.05, 0) is 30.7 Å². The fourth-order valence-electron chi connectivity index (χ4n) is 4.49. The van der Waals surface area contributed by atoms with Crippen LogP contribution in [-0.2, 0) is 9.47 Å². The molecule has 1 unspecified atom stereocenters. The smallest absolute Gasteiger partial charge is 0.272 e. The molecule has 31 heavy (non-hydrogen) atoms. The lowest BCUT2D eigenvalue weighted by molar-refractivity contribution is -0.148. The summed E-state index contributed by atoms with van der Waals surface area (Å²) in [7, 11) is 0. The number of ether oxygens (including phenoxy) is 2. The molecule has 1 aromatic carbocycles. The van der Waals surface area contributed by atoms with Crippen LogP contribution in [0.5, 0.6) is 0 Å². The fourth-order valence-corrected chi connectivity index (χ4v) is 4.49. The Morgan fingerprint density at radius 2 is 2.00 bits per heavy atom. The maximum atomic E-state index is 13.2. The summed E-state index contributed by atoms with van der Waals surface area (Å²) in [6.45, 7) is 2.88. The molecule has 6 rings (SSSR count). The lowest BCUT2D eigenvalue weighted by atomic mass is 10.0. The van der Waals surface area contributed by atoms with E-state index in [2.05, 4.69) is 4.98 Å². The summed E-state index contributed by atoms with van der Waals surface area (Å²) in [5, 5.41) is 1.87. The summed E-state index contributed by atoms with van der Waals surface area (Å²) >= 11 is 0. The molecule has 0 N–H and O–H groups in total. The second-order valence-electron chi connectivity index (χ2n) is 8.16. The summed E-state index contributed by atoms with van der Waals surface area (Å²) in [4.78, 5) is 24.1. The Morgan fingerprint density at radius 3 is 2.87 bits per heavy atom. The maximum Gasteiger partial charge on any atom is 0.272 e. The van der Waals surface area contributed by atoms with E-state index in [-0.39, 0.29) is 11.5 Å². The number of carbonyl (C=O) groups is 1. The van der Waals surface area contributed by atoms with Crippen molar-refractivity contribution in [1.29, 1.82) is 0 Å². The van der Waals surface area contributed by atoms with Crippen LogP contribution in [0, 0.1) is 0 Å². The van der Waals surface area contributed by atoms with E-state index >= 15 is 0 Å². The molecule has 2 fully saturated rings. The van der Waals surface area contributed by atoms with Gasteiger partial charge in [0, 0.05) is 29.7 Å². The molecule has 7 nitrogen and oxygen atoms in total. The Labute approximate surface area is 178 Å². The van der Waals surface area contributed by atoms with Crippen LogP contribution in [0.2, 0.25) is 0 Å². The number of carbonyl (C=O) groups excluding carboxylic acids is 1. The predicted molar refractivity (Wildman–Crippen MR) is 115 cm³/mol. The quantitative estimate of drug-likeness (QED) is 0.497. The van der Waals surface area contributed by atoms with E-state index in [4.69, 9.17) is 18.9 Å². The number of fused-ring (bicyclic) bond motifs is 2. The third kappa shape index (κ3) is 3.17. The molecule has 1 atom stereocenters. The zero-order valence-electron chi connectivity index (χ0n) is 16.9. The summed E-state index contributed by atoms with van der Waals surface area (Å²) in [6, 6.07) is 13.5. The number of amides is 1. The maximum absolute atomic E-state index is 13.2. The minimum atomic E-state index is -0.381. The highest BCUT2D eigenvalue weighted by molar-refractivity contribution is 5.99. The number of likely N-dealkylation sites (tertiary alicyclic amines) is 1. The van der Waals surface area contributed by atoms with Gasteiger partial charge in [0.15, 0.2) is 0 Å². The van der Waals surface area contributed by atoms with Crippen LogP contribution >= 0.6 is 0 Å². The second-order valence-corrected chi connectivity index (χ2v) is 8.16. The standard InChI is InChI=1S/C24H21N3O4/c28-23(27-8-7-24(14-27)15-29-9-10-30-24)19-6-5-17-12-25-13-18(22(17)26-19)21-11-16-3-1-2-4-20(16)31-21/h1-6,11-13H,7-10,14-15H2. The number of hydrogen-bond acceptors (Lipinski definition) is 6. The highest BCUT2D eigenvalue weighted by Gasteiger charge is 2.43. The van der Waals surface area contributed by atoms with Crippen molar-refractivity contribution < 1.29 is 18.7 Å². The van der Waals surface area contributed by atoms with Crippen molar-refractivity contribution in [3.63, 3.8) is 0 Å². The van der Waals surface area contributed by atoms with E-state index in [0.717, 1.165) is 28.3 Å². The van der Waals surface area contributed by atoms with Gasteiger partial charge >= 0.3 is 0 Å². The van der Waals surface area contributed by atoms with Gasteiger partial charge in [-0.25, -0.2) is 4.98 Å². The molecule has 0 aliphatic carbocycles. The van der Waals surface area contributed by atoms with Crippen molar-refractivity contribution in [2.75, 3.05) is 32.9 Å². The number of rotatable bonds is 2. The molecule has 5 heterocycles. The van der Waals surface area contributed by atoms with Crippen LogP contribution in [0.3, 0.4) is 0 Å². The number of furan rings is 1. The molecule has 1 amide bonds. The highest BCUT2D eigenvalue weighted by atomic mass is 16.6. The SMILES string of the molecule is O=C(c1ccc2cncc(-c3cc4ccccc4o3)c2n1)N1CCC2(COCCO2)C1. The molecule has 2 saturated heterocycles. The summed E-state index contributed by atoms with van der Waals surface area (Å²) in [5.41, 5.74) is 2.30. The molecule has 2 aliphatic heterocycles. The molecule has 0 bridgehead atoms. The summed E-state index contributed by atoms with van der Waals surface area (Å²) in [5.74, 6) is 0.588. The Kier molecular flexibility index (Phi) is 4.26. The zero-order chi connectivity index (χ0) is 20.8. The third-order valence-corrected chi connectivity index (χ3v) is 6.11. The molecule has 7 heteroatoms. The monoisotopic (exact) mass is 415 g/mol. The van der Waals surface area contributed by atoms with Crippen LogP contribution in [0.15, 0.2) is 59.3 Å². The predicted octanol–water partition coefficient (Wildman–Crippen LogP) is 3.67. The van der Waals surface area contributed by atoms with Crippen LogP contribution in [0.1, 0.15) is 16.9 Å².